The molecule has 0 atom stereocenters. The zero-order chi connectivity index (χ0) is 21.0. The Morgan fingerprint density at radius 2 is 2.03 bits per heavy atom. The van der Waals surface area contributed by atoms with Gasteiger partial charge in [-0.1, -0.05) is 31.9 Å². The van der Waals surface area contributed by atoms with Gasteiger partial charge in [-0.15, -0.1) is 10.2 Å². The van der Waals surface area contributed by atoms with Gasteiger partial charge in [0.2, 0.25) is 5.65 Å². The first-order valence-electron chi connectivity index (χ1n) is 10.1. The smallest absolute Gasteiger partial charge is 0.204 e. The number of nitrogens with one attached hydrogen (secondary N) is 1. The van der Waals surface area contributed by atoms with Crippen LogP contribution in [0, 0.1) is 12.8 Å². The highest BCUT2D eigenvalue weighted by Crippen LogP contribution is 2.33. The Morgan fingerprint density at radius 1 is 1.24 bits per heavy atom. The summed E-state index contributed by atoms with van der Waals surface area (Å²) in [6.07, 6.45) is 4.19. The van der Waals surface area contributed by atoms with Crippen LogP contribution >= 0.6 is 11.6 Å². The molecule has 0 aliphatic heterocycles. The lowest BCUT2D eigenvalue weighted by molar-refractivity contribution is -0.119. The van der Waals surface area contributed by atoms with Crippen LogP contribution in [0.15, 0.2) is 12.1 Å². The van der Waals surface area contributed by atoms with Crippen LogP contribution in [0.4, 0.5) is 5.82 Å². The second-order valence-corrected chi connectivity index (χ2v) is 8.07. The quantitative estimate of drug-likeness (QED) is 0.475. The molecule has 8 heteroatoms. The summed E-state index contributed by atoms with van der Waals surface area (Å²) < 4.78 is 7.27. The molecule has 0 amide bonds. The number of ketones is 1. The van der Waals surface area contributed by atoms with Crippen LogP contribution in [0.1, 0.15) is 51.8 Å². The van der Waals surface area contributed by atoms with Crippen LogP contribution in [0.5, 0.6) is 5.75 Å². The minimum Gasteiger partial charge on any atom is -0.495 e. The fourth-order valence-electron chi connectivity index (χ4n) is 3.45. The number of methoxy groups -OCH3 is 1. The summed E-state index contributed by atoms with van der Waals surface area (Å²) in [7, 11) is 1.58. The van der Waals surface area contributed by atoms with Crippen molar-refractivity contribution in [2.45, 2.75) is 52.9 Å². The van der Waals surface area contributed by atoms with Gasteiger partial charge in [0.15, 0.2) is 5.82 Å². The van der Waals surface area contributed by atoms with Gasteiger partial charge in [0.05, 0.1) is 12.6 Å². The lowest BCUT2D eigenvalue weighted by Gasteiger charge is -2.12. The SMILES string of the molecule is COc1ccc2c(nc(NCCCCCC(=O)CC(C)C)c3nnc(C)n32)c1Cl. The van der Waals surface area contributed by atoms with Crippen LogP contribution in [0.2, 0.25) is 5.02 Å². The molecule has 0 saturated heterocycles. The summed E-state index contributed by atoms with van der Waals surface area (Å²) >= 11 is 6.50. The fourth-order valence-corrected chi connectivity index (χ4v) is 3.73. The number of anilines is 1. The van der Waals surface area contributed by atoms with Crippen LogP contribution in [-0.4, -0.2) is 39.0 Å². The predicted octanol–water partition coefficient (Wildman–Crippen LogP) is 4.84. The van der Waals surface area contributed by atoms with E-state index in [1.54, 1.807) is 7.11 Å². The van der Waals surface area contributed by atoms with Crippen molar-refractivity contribution in [1.29, 1.82) is 0 Å². The molecule has 0 radical (unpaired) electrons. The zero-order valence-corrected chi connectivity index (χ0v) is 18.2. The maximum Gasteiger partial charge on any atom is 0.204 e. The summed E-state index contributed by atoms with van der Waals surface area (Å²) in [5.74, 6) is 2.77. The molecule has 3 rings (SSSR count). The number of carbonyl (C=O) groups excluding carboxylic acids is 1. The molecule has 0 fully saturated rings. The van der Waals surface area contributed by atoms with E-state index >= 15 is 0 Å². The Labute approximate surface area is 175 Å². The summed E-state index contributed by atoms with van der Waals surface area (Å²) in [5.41, 5.74) is 2.15. The number of Topliss-reactive ketones (excluding diaryl/α,β-unsaturated/α-hetero) is 1. The highest BCUT2D eigenvalue weighted by Gasteiger charge is 2.16. The summed E-state index contributed by atoms with van der Waals surface area (Å²) in [5, 5.41) is 12.3. The Morgan fingerprint density at radius 3 is 2.76 bits per heavy atom. The summed E-state index contributed by atoms with van der Waals surface area (Å²) in [6, 6.07) is 3.73. The number of aryl methyl sites for hydroxylation is 1. The van der Waals surface area contributed by atoms with Crippen molar-refractivity contribution >= 4 is 39.9 Å². The second-order valence-electron chi connectivity index (χ2n) is 7.69. The first-order chi connectivity index (χ1) is 13.9. The predicted molar refractivity (Wildman–Crippen MR) is 116 cm³/mol. The van der Waals surface area contributed by atoms with Crippen molar-refractivity contribution < 1.29 is 9.53 Å². The van der Waals surface area contributed by atoms with Gasteiger partial charge in [-0.25, -0.2) is 4.98 Å². The van der Waals surface area contributed by atoms with E-state index in [-0.39, 0.29) is 0 Å². The highest BCUT2D eigenvalue weighted by atomic mass is 35.5. The molecule has 2 aromatic heterocycles. The minimum absolute atomic E-state index is 0.355. The molecule has 0 bridgehead atoms. The average molecular weight is 418 g/mol. The molecule has 0 aliphatic rings. The number of fused-ring (bicyclic) bond motifs is 3. The number of nitrogens with zero attached hydrogens (tertiary/aromatic N) is 4. The third-order valence-corrected chi connectivity index (χ3v) is 5.21. The Bertz CT molecular complexity index is 1020. The molecule has 1 aromatic carbocycles. The van der Waals surface area contributed by atoms with Crippen LogP contribution in [-0.2, 0) is 4.79 Å². The average Bonchev–Trinajstić information content (AvgIpc) is 3.07. The lowest BCUT2D eigenvalue weighted by Crippen LogP contribution is -2.08. The zero-order valence-electron chi connectivity index (χ0n) is 17.5. The molecule has 0 spiro atoms. The van der Waals surface area contributed by atoms with Gasteiger partial charge in [-0.2, -0.15) is 0 Å². The third-order valence-electron chi connectivity index (χ3n) is 4.84. The van der Waals surface area contributed by atoms with Crippen molar-refractivity contribution in [3.8, 4) is 5.75 Å². The van der Waals surface area contributed by atoms with E-state index in [0.29, 0.717) is 52.3 Å². The summed E-state index contributed by atoms with van der Waals surface area (Å²) in [6.45, 7) is 6.79. The number of benzene rings is 1. The number of aromatic nitrogens is 4. The molecule has 0 saturated carbocycles. The standard InChI is InChI=1S/C21H28ClN5O2/c1-13(2)12-15(28)8-6-5-7-11-23-20-21-26-25-14(3)27(21)16-9-10-17(29-4)18(22)19(16)24-20/h9-10,13H,5-8,11-12H2,1-4H3,(H,23,24). The Balaban J connectivity index is 1.70. The van der Waals surface area contributed by atoms with Gasteiger partial charge < -0.3 is 10.1 Å². The third kappa shape index (κ3) is 4.78. The molecule has 2 heterocycles. The monoisotopic (exact) mass is 417 g/mol. The number of halogens is 1. The first kappa shape index (κ1) is 21.3. The lowest BCUT2D eigenvalue weighted by atomic mass is 10.0. The van der Waals surface area contributed by atoms with E-state index in [1.807, 2.05) is 23.5 Å². The van der Waals surface area contributed by atoms with Gasteiger partial charge in [0, 0.05) is 19.4 Å². The Hall–Kier alpha value is -2.41. The van der Waals surface area contributed by atoms with Gasteiger partial charge in [0.25, 0.3) is 0 Å². The number of hydrogen-bond donors (Lipinski definition) is 1. The van der Waals surface area contributed by atoms with Crippen molar-refractivity contribution in [1.82, 2.24) is 19.6 Å². The number of ether oxygens (including phenoxy) is 1. The van der Waals surface area contributed by atoms with E-state index in [0.717, 1.165) is 37.1 Å². The van der Waals surface area contributed by atoms with Crippen LogP contribution < -0.4 is 10.1 Å². The van der Waals surface area contributed by atoms with Gasteiger partial charge in [-0.3, -0.25) is 9.20 Å². The fraction of sp³-hybridized carbons (Fsp3) is 0.524. The summed E-state index contributed by atoms with van der Waals surface area (Å²) in [4.78, 5) is 16.5. The van der Waals surface area contributed by atoms with Crippen LogP contribution in [0.3, 0.4) is 0 Å². The van der Waals surface area contributed by atoms with Gasteiger partial charge in [0.1, 0.15) is 27.9 Å². The normalized spacial score (nSPS) is 11.5. The minimum atomic E-state index is 0.355. The molecule has 1 N–H and O–H groups in total. The number of carbonyl (C=O) groups is 1. The van der Waals surface area contributed by atoms with Gasteiger partial charge >= 0.3 is 0 Å². The number of rotatable bonds is 10. The molecule has 0 unspecified atom stereocenters. The van der Waals surface area contributed by atoms with Crippen molar-refractivity contribution in [3.63, 3.8) is 0 Å². The van der Waals surface area contributed by atoms with E-state index in [9.17, 15) is 4.79 Å². The Kier molecular flexibility index (Phi) is 6.90. The van der Waals surface area contributed by atoms with Crippen LogP contribution in [0.25, 0.3) is 16.7 Å². The highest BCUT2D eigenvalue weighted by molar-refractivity contribution is 6.36. The largest absolute Gasteiger partial charge is 0.495 e. The molecule has 156 valence electrons. The van der Waals surface area contributed by atoms with E-state index in [2.05, 4.69) is 29.4 Å². The molecule has 3 aromatic rings. The molecule has 7 nitrogen and oxygen atoms in total. The topological polar surface area (TPSA) is 81.4 Å². The first-order valence-corrected chi connectivity index (χ1v) is 10.4. The van der Waals surface area contributed by atoms with Crippen molar-refractivity contribution in [3.05, 3.63) is 23.0 Å². The number of unbranched alkanes of at least 4 members (excludes halogenated alkanes) is 2. The number of hydrogen-bond acceptors (Lipinski definition) is 6. The van der Waals surface area contributed by atoms with Gasteiger partial charge in [-0.05, 0) is 37.8 Å². The second kappa shape index (κ2) is 9.39. The molecule has 0 aliphatic carbocycles. The molecular formula is C21H28ClN5O2. The van der Waals surface area contributed by atoms with Crippen molar-refractivity contribution in [2.24, 2.45) is 5.92 Å². The maximum atomic E-state index is 11.8. The molecule has 29 heavy (non-hydrogen) atoms. The molecular weight excluding hydrogens is 390 g/mol. The van der Waals surface area contributed by atoms with E-state index in [1.165, 1.54) is 0 Å². The van der Waals surface area contributed by atoms with E-state index in [4.69, 9.17) is 21.3 Å². The maximum absolute atomic E-state index is 11.8. The van der Waals surface area contributed by atoms with E-state index < -0.39 is 0 Å². The van der Waals surface area contributed by atoms with Crippen molar-refractivity contribution in [2.75, 3.05) is 19.0 Å².